The van der Waals surface area contributed by atoms with Gasteiger partial charge in [-0.25, -0.2) is 0 Å². The van der Waals surface area contributed by atoms with E-state index in [-0.39, 0.29) is 11.5 Å². The lowest BCUT2D eigenvalue weighted by atomic mass is 10.1. The number of phenols is 2. The van der Waals surface area contributed by atoms with Crippen LogP contribution in [0.3, 0.4) is 0 Å². The van der Waals surface area contributed by atoms with Crippen molar-refractivity contribution in [1.29, 1.82) is 0 Å². The summed E-state index contributed by atoms with van der Waals surface area (Å²) in [5.74, 6) is 0.294. The van der Waals surface area contributed by atoms with E-state index in [0.29, 0.717) is 11.4 Å². The van der Waals surface area contributed by atoms with Crippen LogP contribution in [0.25, 0.3) is 21.5 Å². The van der Waals surface area contributed by atoms with Crippen LogP contribution in [-0.4, -0.2) is 10.2 Å². The molecule has 0 amide bonds. The van der Waals surface area contributed by atoms with Crippen LogP contribution in [0.4, 0.5) is 11.4 Å². The average Bonchev–Trinajstić information content (AvgIpc) is 2.60. The molecule has 120 valence electrons. The quantitative estimate of drug-likeness (QED) is 0.288. The highest BCUT2D eigenvalue weighted by molar-refractivity contribution is 5.95. The molecule has 0 spiro atoms. The molecule has 24 heavy (non-hydrogen) atoms. The second-order valence-corrected chi connectivity index (χ2v) is 5.48. The van der Waals surface area contributed by atoms with E-state index in [4.69, 9.17) is 11.5 Å². The molecule has 0 aromatic heterocycles. The van der Waals surface area contributed by atoms with Crippen molar-refractivity contribution in [2.75, 3.05) is 11.5 Å². The van der Waals surface area contributed by atoms with E-state index in [1.54, 1.807) is 18.2 Å². The summed E-state index contributed by atoms with van der Waals surface area (Å²) in [6.45, 7) is 0. The van der Waals surface area contributed by atoms with Gasteiger partial charge < -0.3 is 21.7 Å². The molecule has 0 aliphatic rings. The highest BCUT2D eigenvalue weighted by Crippen LogP contribution is 2.29. The van der Waals surface area contributed by atoms with Crippen LogP contribution in [0.5, 0.6) is 11.5 Å². The Kier molecular flexibility index (Phi) is 4.12. The van der Waals surface area contributed by atoms with Crippen LogP contribution >= 0.6 is 0 Å². The normalized spacial score (nSPS) is 10.3. The van der Waals surface area contributed by atoms with Crippen molar-refractivity contribution in [1.82, 2.24) is 0 Å². The molecular formula is C20H18N2O2. The lowest BCUT2D eigenvalue weighted by Crippen LogP contribution is -1.86. The summed E-state index contributed by atoms with van der Waals surface area (Å²) in [6.07, 6.45) is 0. The molecule has 0 bridgehead atoms. The largest absolute Gasteiger partial charge is 0.506 e. The smallest absolute Gasteiger partial charge is 0.139 e. The Morgan fingerprint density at radius 2 is 1.17 bits per heavy atom. The molecule has 0 saturated carbocycles. The minimum absolute atomic E-state index is 0.147. The van der Waals surface area contributed by atoms with E-state index in [1.165, 1.54) is 0 Å². The van der Waals surface area contributed by atoms with Crippen molar-refractivity contribution >= 4 is 32.9 Å². The lowest BCUT2D eigenvalue weighted by molar-refractivity contribution is 0.478. The lowest BCUT2D eigenvalue weighted by Gasteiger charge is -2.02. The average molecular weight is 318 g/mol. The Morgan fingerprint density at radius 1 is 0.583 bits per heavy atom. The number of aromatic hydroxyl groups is 2. The highest BCUT2D eigenvalue weighted by atomic mass is 16.3. The van der Waals surface area contributed by atoms with Crippen LogP contribution < -0.4 is 11.5 Å². The topological polar surface area (TPSA) is 92.5 Å². The van der Waals surface area contributed by atoms with Gasteiger partial charge >= 0.3 is 0 Å². The third-order valence-corrected chi connectivity index (χ3v) is 3.84. The first-order chi connectivity index (χ1) is 11.6. The molecule has 0 aliphatic carbocycles. The second-order valence-electron chi connectivity index (χ2n) is 5.48. The first-order valence-corrected chi connectivity index (χ1v) is 7.49. The summed E-state index contributed by atoms with van der Waals surface area (Å²) in [5, 5.41) is 22.6. The van der Waals surface area contributed by atoms with E-state index in [1.807, 2.05) is 54.6 Å². The minimum Gasteiger partial charge on any atom is -0.506 e. The summed E-state index contributed by atoms with van der Waals surface area (Å²) < 4.78 is 0. The first-order valence-electron chi connectivity index (χ1n) is 7.49. The van der Waals surface area contributed by atoms with Crippen molar-refractivity contribution in [2.24, 2.45) is 0 Å². The van der Waals surface area contributed by atoms with Crippen LogP contribution in [0, 0.1) is 0 Å². The summed E-state index contributed by atoms with van der Waals surface area (Å²) in [4.78, 5) is 0. The van der Waals surface area contributed by atoms with Crippen molar-refractivity contribution < 1.29 is 10.2 Å². The molecule has 4 rings (SSSR count). The first kappa shape index (κ1) is 15.5. The zero-order valence-electron chi connectivity index (χ0n) is 13.0. The van der Waals surface area contributed by atoms with Crippen LogP contribution in [-0.2, 0) is 0 Å². The zero-order valence-corrected chi connectivity index (χ0v) is 13.0. The maximum Gasteiger partial charge on any atom is 0.139 e. The number of nitrogens with two attached hydrogens (primary N) is 2. The fourth-order valence-corrected chi connectivity index (χ4v) is 2.53. The Bertz CT molecular complexity index is 964. The van der Waals surface area contributed by atoms with Crippen molar-refractivity contribution in [3.63, 3.8) is 0 Å². The Morgan fingerprint density at radius 3 is 1.88 bits per heavy atom. The number of anilines is 2. The van der Waals surface area contributed by atoms with E-state index < -0.39 is 0 Å². The number of hydrogen-bond acceptors (Lipinski definition) is 4. The molecule has 0 fully saturated rings. The molecule has 0 radical (unpaired) electrons. The predicted molar refractivity (Wildman–Crippen MR) is 100 cm³/mol. The van der Waals surface area contributed by atoms with Crippen LogP contribution in [0.2, 0.25) is 0 Å². The molecular weight excluding hydrogens is 300 g/mol. The summed E-state index contributed by atoms with van der Waals surface area (Å²) in [6, 6.07) is 22.4. The molecule has 0 heterocycles. The number of benzene rings is 4. The van der Waals surface area contributed by atoms with Gasteiger partial charge in [0.25, 0.3) is 0 Å². The van der Waals surface area contributed by atoms with Gasteiger partial charge in [0.05, 0.1) is 11.4 Å². The van der Waals surface area contributed by atoms with Gasteiger partial charge in [0.2, 0.25) is 0 Å². The molecule has 0 saturated heterocycles. The molecule has 4 heteroatoms. The van der Waals surface area contributed by atoms with Gasteiger partial charge in [-0.1, -0.05) is 54.6 Å². The van der Waals surface area contributed by atoms with Gasteiger partial charge in [0, 0.05) is 5.39 Å². The van der Waals surface area contributed by atoms with Gasteiger partial charge in [-0.15, -0.1) is 0 Å². The van der Waals surface area contributed by atoms with Crippen molar-refractivity contribution in [3.8, 4) is 11.5 Å². The summed E-state index contributed by atoms with van der Waals surface area (Å²) >= 11 is 0. The van der Waals surface area contributed by atoms with E-state index in [2.05, 4.69) is 0 Å². The van der Waals surface area contributed by atoms with Gasteiger partial charge in [-0.2, -0.15) is 0 Å². The second kappa shape index (κ2) is 6.38. The minimum atomic E-state index is 0.147. The maximum atomic E-state index is 9.29. The SMILES string of the molecule is Nc1c(O)ccc2ccccc12.Nc1cc2ccccc2cc1O. The van der Waals surface area contributed by atoms with E-state index >= 15 is 0 Å². The highest BCUT2D eigenvalue weighted by Gasteiger charge is 2.00. The Balaban J connectivity index is 0.000000141. The van der Waals surface area contributed by atoms with Crippen molar-refractivity contribution in [3.05, 3.63) is 72.8 Å². The number of rotatable bonds is 0. The molecule has 4 aromatic rings. The number of hydrogen-bond donors (Lipinski definition) is 4. The van der Waals surface area contributed by atoms with Crippen LogP contribution in [0.15, 0.2) is 72.8 Å². The molecule has 4 aromatic carbocycles. The summed E-state index contributed by atoms with van der Waals surface area (Å²) in [5.41, 5.74) is 12.1. The van der Waals surface area contributed by atoms with Gasteiger partial charge in [0.15, 0.2) is 0 Å². The zero-order chi connectivity index (χ0) is 17.1. The van der Waals surface area contributed by atoms with Crippen LogP contribution in [0.1, 0.15) is 0 Å². The van der Waals surface area contributed by atoms with Gasteiger partial charge in [0.1, 0.15) is 11.5 Å². The Hall–Kier alpha value is -3.40. The fourth-order valence-electron chi connectivity index (χ4n) is 2.53. The third kappa shape index (κ3) is 3.03. The fraction of sp³-hybridized carbons (Fsp3) is 0. The molecule has 0 unspecified atom stereocenters. The van der Waals surface area contributed by atoms with Crippen molar-refractivity contribution in [2.45, 2.75) is 0 Å². The molecule has 0 aliphatic heterocycles. The molecule has 4 nitrogen and oxygen atoms in total. The number of fused-ring (bicyclic) bond motifs is 2. The Labute approximate surface area is 139 Å². The monoisotopic (exact) mass is 318 g/mol. The third-order valence-electron chi connectivity index (χ3n) is 3.84. The molecule has 0 atom stereocenters. The summed E-state index contributed by atoms with van der Waals surface area (Å²) in [7, 11) is 0. The predicted octanol–water partition coefficient (Wildman–Crippen LogP) is 4.26. The van der Waals surface area contributed by atoms with E-state index in [0.717, 1.165) is 21.5 Å². The number of phenolic OH excluding ortho intramolecular Hbond substituents is 2. The number of nitrogen functional groups attached to an aromatic ring is 2. The van der Waals surface area contributed by atoms with Gasteiger partial charge in [-0.3, -0.25) is 0 Å². The van der Waals surface area contributed by atoms with E-state index in [9.17, 15) is 10.2 Å². The standard InChI is InChI=1S/2C10H9NO/c11-9-5-7-3-1-2-4-8(7)6-10(9)12;11-10-8-4-2-1-3-7(8)5-6-9(10)12/h2*1-6,12H,11H2. The van der Waals surface area contributed by atoms with Gasteiger partial charge in [-0.05, 0) is 34.4 Å². The molecule has 6 N–H and O–H groups in total. The maximum absolute atomic E-state index is 9.29.